The zero-order chi connectivity index (χ0) is 20.1. The van der Waals surface area contributed by atoms with E-state index in [4.69, 9.17) is 38.6 Å². The number of rotatable bonds is 2. The van der Waals surface area contributed by atoms with Crippen molar-refractivity contribution < 1.29 is 30.4 Å². The van der Waals surface area contributed by atoms with Crippen LogP contribution in [0.15, 0.2) is 60.7 Å². The molecule has 3 radical (unpaired) electrons. The molecule has 0 amide bonds. The molecule has 0 heterocycles. The van der Waals surface area contributed by atoms with E-state index in [-0.39, 0.29) is 21.1 Å². The molecule has 26 heavy (non-hydrogen) atoms. The Labute approximate surface area is 182 Å². The van der Waals surface area contributed by atoms with Crippen molar-refractivity contribution in [3.8, 4) is 6.07 Å². The molecule has 0 fully saturated rings. The zero-order valence-electron chi connectivity index (χ0n) is 14.2. The van der Waals surface area contributed by atoms with E-state index in [1.165, 1.54) is 13.3 Å². The Morgan fingerprint density at radius 3 is 1.35 bits per heavy atom. The van der Waals surface area contributed by atoms with Crippen molar-refractivity contribution in [3.05, 3.63) is 94.2 Å². The molecule has 0 aliphatic heterocycles. The minimum atomic E-state index is -1.98. The van der Waals surface area contributed by atoms with Gasteiger partial charge in [-0.25, -0.2) is 0 Å². The van der Waals surface area contributed by atoms with E-state index >= 15 is 0 Å². The quantitative estimate of drug-likeness (QED) is 0.214. The standard InChI is InChI=1S/C12H11PS2.C3H5.C2H3N.2CO.Mo/c14-13(15,11-7-3-1-4-8-11)12-9-5-2-6-10-12;1-3-2;1-2-3;2*1-2;/h1-10H,(H,14,15);3H,1-2H2;1H3;;;/q;;;;;+2/p-1. The van der Waals surface area contributed by atoms with Gasteiger partial charge in [0.15, 0.2) is 0 Å². The Hall–Kier alpha value is -0.902. The monoisotopic (exact) mass is 485 g/mol. The SMILES string of the molecule is CC#N.S=P([S-])(c1ccccc1)c1ccccc1.[C-]#[O+].[C-]#[O+].[CH2][CH][CH2].[Mo+2]. The van der Waals surface area contributed by atoms with Crippen LogP contribution < -0.4 is 10.6 Å². The van der Waals surface area contributed by atoms with E-state index in [1.54, 1.807) is 6.07 Å². The molecule has 0 saturated heterocycles. The molecule has 0 aromatic heterocycles. The van der Waals surface area contributed by atoms with Crippen LogP contribution in [0.4, 0.5) is 0 Å². The minimum absolute atomic E-state index is 0. The van der Waals surface area contributed by atoms with Crippen LogP contribution in [0.5, 0.6) is 0 Å². The summed E-state index contributed by atoms with van der Waals surface area (Å²) >= 11 is 11.2. The summed E-state index contributed by atoms with van der Waals surface area (Å²) in [6, 6.07) is 21.8. The summed E-state index contributed by atoms with van der Waals surface area (Å²) in [5.74, 6) is 0. The Balaban J connectivity index is -0.000000188. The Morgan fingerprint density at radius 1 is 0.962 bits per heavy atom. The van der Waals surface area contributed by atoms with Gasteiger partial charge in [-0.1, -0.05) is 60.7 Å². The van der Waals surface area contributed by atoms with Gasteiger partial charge in [0, 0.05) is 6.92 Å². The second-order valence-electron chi connectivity index (χ2n) is 3.73. The van der Waals surface area contributed by atoms with Crippen molar-refractivity contribution in [1.82, 2.24) is 0 Å². The Morgan fingerprint density at radius 2 is 1.15 bits per heavy atom. The number of nitrogens with zero attached hydrogens (tertiary/aromatic N) is 1. The van der Waals surface area contributed by atoms with Crippen molar-refractivity contribution in [1.29, 1.82) is 5.26 Å². The van der Waals surface area contributed by atoms with Crippen LogP contribution >= 0.6 is 5.24 Å². The van der Waals surface area contributed by atoms with Gasteiger partial charge in [-0.15, -0.1) is 17.0 Å². The fraction of sp³-hybridized carbons (Fsp3) is 0.0526. The van der Waals surface area contributed by atoms with Gasteiger partial charge in [0.05, 0.1) is 6.07 Å². The first-order valence-corrected chi connectivity index (χ1v) is 10.4. The third kappa shape index (κ3) is 15.4. The summed E-state index contributed by atoms with van der Waals surface area (Å²) in [6.07, 6.45) is 1.50. The normalized spacial score (nSPS) is 7.65. The first kappa shape index (κ1) is 32.7. The second kappa shape index (κ2) is 24.1. The fourth-order valence-electron chi connectivity index (χ4n) is 1.40. The third-order valence-corrected chi connectivity index (χ3v) is 6.68. The molecular weight excluding hydrogens is 465 g/mol. The van der Waals surface area contributed by atoms with E-state index in [1.807, 2.05) is 60.7 Å². The van der Waals surface area contributed by atoms with E-state index < -0.39 is 5.24 Å². The molecule has 0 atom stereocenters. The molecule has 0 saturated carbocycles. The second-order valence-corrected chi connectivity index (χ2v) is 9.85. The molecule has 2 aromatic rings. The summed E-state index contributed by atoms with van der Waals surface area (Å²) in [7, 11) is 0. The van der Waals surface area contributed by atoms with Gasteiger partial charge in [-0.3, -0.25) is 0 Å². The molecule has 0 spiro atoms. The number of nitriles is 1. The van der Waals surface area contributed by atoms with Gasteiger partial charge in [0.25, 0.3) is 0 Å². The Kier molecular flexibility index (Phi) is 30.3. The molecule has 0 aliphatic rings. The fourth-order valence-corrected chi connectivity index (χ4v) is 4.29. The van der Waals surface area contributed by atoms with Gasteiger partial charge in [-0.2, -0.15) is 5.26 Å². The number of hydrogen-bond donors (Lipinski definition) is 0. The molecule has 0 aliphatic carbocycles. The van der Waals surface area contributed by atoms with Gasteiger partial charge in [0.2, 0.25) is 0 Å². The van der Waals surface area contributed by atoms with E-state index in [0.717, 1.165) is 10.6 Å². The van der Waals surface area contributed by atoms with Gasteiger partial charge < -0.3 is 12.2 Å². The average Bonchev–Trinajstić information content (AvgIpc) is 2.68. The van der Waals surface area contributed by atoms with Gasteiger partial charge in [-0.05, 0) is 30.9 Å². The smallest absolute Gasteiger partial charge is 0.0499 e. The van der Waals surface area contributed by atoms with E-state index in [2.05, 4.69) is 27.1 Å². The van der Waals surface area contributed by atoms with Crippen LogP contribution in [0.1, 0.15) is 6.92 Å². The van der Waals surface area contributed by atoms with Gasteiger partial charge in [0.1, 0.15) is 0 Å². The third-order valence-electron chi connectivity index (χ3n) is 2.19. The van der Waals surface area contributed by atoms with Crippen LogP contribution in [0.25, 0.3) is 0 Å². The summed E-state index contributed by atoms with van der Waals surface area (Å²) in [5, 5.41) is 7.54. The number of benzene rings is 2. The average molecular weight is 483 g/mol. The first-order valence-electron chi connectivity index (χ1n) is 6.58. The minimum Gasteiger partial charge on any atom is -0.0499 e. The van der Waals surface area contributed by atoms with Crippen LogP contribution in [0.2, 0.25) is 0 Å². The Bertz CT molecular complexity index is 622. The number of hydrogen-bond acceptors (Lipinski definition) is 3. The maximum absolute atomic E-state index is 7.50. The van der Waals surface area contributed by atoms with Crippen molar-refractivity contribution in [3.63, 3.8) is 0 Å². The van der Waals surface area contributed by atoms with Crippen molar-refractivity contribution >= 4 is 39.9 Å². The van der Waals surface area contributed by atoms with Gasteiger partial charge >= 0.3 is 43.7 Å². The predicted octanol–water partition coefficient (Wildman–Crippen LogP) is 3.89. The maximum atomic E-state index is 7.50. The predicted molar refractivity (Wildman–Crippen MR) is 108 cm³/mol. The maximum Gasteiger partial charge on any atom is 2.00 e. The molecule has 3 nitrogen and oxygen atoms in total. The van der Waals surface area contributed by atoms with Crippen LogP contribution in [0, 0.1) is 44.9 Å². The summed E-state index contributed by atoms with van der Waals surface area (Å²) in [4.78, 5) is 0. The topological polar surface area (TPSA) is 63.6 Å². The molecule has 0 unspecified atom stereocenters. The molecule has 2 aromatic carbocycles. The molecule has 2 rings (SSSR count). The van der Waals surface area contributed by atoms with Crippen molar-refractivity contribution in [2.75, 3.05) is 0 Å². The van der Waals surface area contributed by atoms with Crippen LogP contribution in [-0.4, -0.2) is 0 Å². The zero-order valence-corrected chi connectivity index (χ0v) is 18.7. The molecule has 7 heteroatoms. The molecule has 0 N–H and O–H groups in total. The molecule has 133 valence electrons. The van der Waals surface area contributed by atoms with Crippen molar-refractivity contribution in [2.45, 2.75) is 6.92 Å². The van der Waals surface area contributed by atoms with Crippen molar-refractivity contribution in [2.24, 2.45) is 0 Å². The molecule has 0 bridgehead atoms. The molecular formula is C19H18MoNO2PS2+. The summed E-state index contributed by atoms with van der Waals surface area (Å²) < 4.78 is 15.0. The van der Waals surface area contributed by atoms with Crippen LogP contribution in [0.3, 0.4) is 0 Å². The van der Waals surface area contributed by atoms with E-state index in [9.17, 15) is 0 Å². The first-order chi connectivity index (χ1) is 12.0. The summed E-state index contributed by atoms with van der Waals surface area (Å²) in [5.41, 5.74) is 0. The largest absolute Gasteiger partial charge is 2.00 e. The van der Waals surface area contributed by atoms with Crippen LogP contribution in [-0.2, 0) is 54.4 Å². The summed E-state index contributed by atoms with van der Waals surface area (Å²) in [6.45, 7) is 16.9. The van der Waals surface area contributed by atoms with E-state index in [0.29, 0.717) is 0 Å².